The van der Waals surface area contributed by atoms with Crippen LogP contribution in [-0.2, 0) is 4.79 Å². The third-order valence-corrected chi connectivity index (χ3v) is 3.91. The lowest BCUT2D eigenvalue weighted by Gasteiger charge is -2.31. The highest BCUT2D eigenvalue weighted by molar-refractivity contribution is 5.84. The standard InChI is InChI=1S/C11H17F3N2O/c12-11(13,14)10(4-5-15-7-10)9(17)16-6-8-2-1-3-8/h8,15H,1-7H2,(H,16,17). The van der Waals surface area contributed by atoms with E-state index >= 15 is 0 Å². The molecule has 1 unspecified atom stereocenters. The molecule has 1 amide bonds. The molecule has 2 rings (SSSR count). The summed E-state index contributed by atoms with van der Waals surface area (Å²) in [5.74, 6) is -0.486. The smallest absolute Gasteiger partial charge is 0.355 e. The van der Waals surface area contributed by atoms with Crippen LogP contribution in [0.2, 0.25) is 0 Å². The summed E-state index contributed by atoms with van der Waals surface area (Å²) in [6.45, 7) is 0.333. The molecule has 17 heavy (non-hydrogen) atoms. The molecule has 1 saturated heterocycles. The van der Waals surface area contributed by atoms with Crippen molar-refractivity contribution in [2.75, 3.05) is 19.6 Å². The molecule has 0 aromatic carbocycles. The van der Waals surface area contributed by atoms with Crippen LogP contribution in [0.4, 0.5) is 13.2 Å². The first-order valence-electron chi connectivity index (χ1n) is 6.01. The highest BCUT2D eigenvalue weighted by atomic mass is 19.4. The van der Waals surface area contributed by atoms with Crippen molar-refractivity contribution in [2.45, 2.75) is 31.9 Å². The van der Waals surface area contributed by atoms with Crippen molar-refractivity contribution in [1.29, 1.82) is 0 Å². The Hall–Kier alpha value is -0.780. The maximum absolute atomic E-state index is 13.0. The van der Waals surface area contributed by atoms with Gasteiger partial charge in [0.15, 0.2) is 5.41 Å². The first kappa shape index (κ1) is 12.7. The van der Waals surface area contributed by atoms with Crippen LogP contribution in [0.25, 0.3) is 0 Å². The molecule has 0 aromatic rings. The fraction of sp³-hybridized carbons (Fsp3) is 0.909. The second-order valence-corrected chi connectivity index (χ2v) is 5.01. The largest absolute Gasteiger partial charge is 0.404 e. The molecule has 1 atom stereocenters. The minimum atomic E-state index is -4.47. The molecule has 98 valence electrons. The fourth-order valence-electron chi connectivity index (χ4n) is 2.36. The number of alkyl halides is 3. The van der Waals surface area contributed by atoms with Crippen molar-refractivity contribution in [1.82, 2.24) is 10.6 Å². The predicted molar refractivity (Wildman–Crippen MR) is 56.3 cm³/mol. The van der Waals surface area contributed by atoms with E-state index in [0.717, 1.165) is 19.3 Å². The van der Waals surface area contributed by atoms with Gasteiger partial charge in [-0.1, -0.05) is 6.42 Å². The van der Waals surface area contributed by atoms with Crippen molar-refractivity contribution in [3.05, 3.63) is 0 Å². The maximum Gasteiger partial charge on any atom is 0.404 e. The zero-order valence-electron chi connectivity index (χ0n) is 9.57. The van der Waals surface area contributed by atoms with Crippen LogP contribution in [0, 0.1) is 11.3 Å². The lowest BCUT2D eigenvalue weighted by molar-refractivity contribution is -0.216. The summed E-state index contributed by atoms with van der Waals surface area (Å²) in [5, 5.41) is 5.11. The minimum absolute atomic E-state index is 0.160. The summed E-state index contributed by atoms with van der Waals surface area (Å²) < 4.78 is 39.0. The molecule has 0 aromatic heterocycles. The molecule has 2 aliphatic rings. The number of nitrogens with one attached hydrogen (secondary N) is 2. The quantitative estimate of drug-likeness (QED) is 0.796. The average Bonchev–Trinajstić information content (AvgIpc) is 2.63. The molecule has 1 aliphatic heterocycles. The Balaban J connectivity index is 1.97. The highest BCUT2D eigenvalue weighted by Gasteiger charge is 2.61. The van der Waals surface area contributed by atoms with E-state index < -0.39 is 17.5 Å². The number of rotatable bonds is 3. The van der Waals surface area contributed by atoms with Gasteiger partial charge in [0.25, 0.3) is 0 Å². The van der Waals surface area contributed by atoms with Crippen LogP contribution in [0.3, 0.4) is 0 Å². The number of carbonyl (C=O) groups is 1. The van der Waals surface area contributed by atoms with Gasteiger partial charge in [-0.3, -0.25) is 4.79 Å². The van der Waals surface area contributed by atoms with Crippen LogP contribution >= 0.6 is 0 Å². The second kappa shape index (κ2) is 4.48. The van der Waals surface area contributed by atoms with Crippen LogP contribution in [0.1, 0.15) is 25.7 Å². The molecule has 1 heterocycles. The predicted octanol–water partition coefficient (Wildman–Crippen LogP) is 1.44. The lowest BCUT2D eigenvalue weighted by atomic mass is 9.83. The van der Waals surface area contributed by atoms with E-state index in [0.29, 0.717) is 12.5 Å². The van der Waals surface area contributed by atoms with Crippen molar-refractivity contribution < 1.29 is 18.0 Å². The van der Waals surface area contributed by atoms with Crippen LogP contribution in [0.15, 0.2) is 0 Å². The molecular formula is C11H17F3N2O. The molecule has 1 aliphatic carbocycles. The molecular weight excluding hydrogens is 233 g/mol. The van der Waals surface area contributed by atoms with Gasteiger partial charge in [-0.2, -0.15) is 13.2 Å². The summed E-state index contributed by atoms with van der Waals surface area (Å²) in [6, 6.07) is 0. The maximum atomic E-state index is 13.0. The normalized spacial score (nSPS) is 30.1. The summed E-state index contributed by atoms with van der Waals surface area (Å²) in [4.78, 5) is 11.8. The van der Waals surface area contributed by atoms with Crippen molar-refractivity contribution in [3.8, 4) is 0 Å². The van der Waals surface area contributed by atoms with Gasteiger partial charge >= 0.3 is 6.18 Å². The Morgan fingerprint density at radius 1 is 1.41 bits per heavy atom. The van der Waals surface area contributed by atoms with E-state index in [1.807, 2.05) is 0 Å². The van der Waals surface area contributed by atoms with E-state index in [1.54, 1.807) is 0 Å². The molecule has 0 radical (unpaired) electrons. The minimum Gasteiger partial charge on any atom is -0.355 e. The summed E-state index contributed by atoms with van der Waals surface area (Å²) in [5.41, 5.74) is -2.21. The Labute approximate surface area is 98.1 Å². The fourth-order valence-corrected chi connectivity index (χ4v) is 2.36. The van der Waals surface area contributed by atoms with Gasteiger partial charge in [0.1, 0.15) is 0 Å². The third-order valence-electron chi connectivity index (χ3n) is 3.91. The first-order valence-corrected chi connectivity index (χ1v) is 6.01. The first-order chi connectivity index (χ1) is 7.96. The van der Waals surface area contributed by atoms with E-state index in [9.17, 15) is 18.0 Å². The van der Waals surface area contributed by atoms with Gasteiger partial charge in [-0.05, 0) is 31.7 Å². The van der Waals surface area contributed by atoms with Crippen molar-refractivity contribution >= 4 is 5.91 Å². The molecule has 3 nitrogen and oxygen atoms in total. The van der Waals surface area contributed by atoms with Crippen LogP contribution < -0.4 is 10.6 Å². The molecule has 2 N–H and O–H groups in total. The van der Waals surface area contributed by atoms with Gasteiger partial charge in [0, 0.05) is 13.1 Å². The molecule has 0 spiro atoms. The van der Waals surface area contributed by atoms with Gasteiger partial charge in [0.05, 0.1) is 0 Å². The second-order valence-electron chi connectivity index (χ2n) is 5.01. The Bertz CT molecular complexity index is 294. The van der Waals surface area contributed by atoms with E-state index in [4.69, 9.17) is 0 Å². The SMILES string of the molecule is O=C(NCC1CCC1)C1(C(F)(F)F)CCNC1. The van der Waals surface area contributed by atoms with Crippen LogP contribution in [0.5, 0.6) is 0 Å². The number of amides is 1. The molecule has 2 fully saturated rings. The number of hydrogen-bond donors (Lipinski definition) is 2. The summed E-state index contributed by atoms with van der Waals surface area (Å²) in [7, 11) is 0. The Morgan fingerprint density at radius 3 is 2.53 bits per heavy atom. The number of hydrogen-bond acceptors (Lipinski definition) is 2. The highest BCUT2D eigenvalue weighted by Crippen LogP contribution is 2.43. The van der Waals surface area contributed by atoms with Gasteiger partial charge in [-0.25, -0.2) is 0 Å². The van der Waals surface area contributed by atoms with Gasteiger partial charge < -0.3 is 10.6 Å². The Kier molecular flexibility index (Phi) is 3.34. The van der Waals surface area contributed by atoms with E-state index in [-0.39, 0.29) is 19.5 Å². The number of carbonyl (C=O) groups excluding carboxylic acids is 1. The Morgan fingerprint density at radius 2 is 2.12 bits per heavy atom. The number of halogens is 3. The summed E-state index contributed by atoms with van der Waals surface area (Å²) >= 11 is 0. The molecule has 6 heteroatoms. The molecule has 0 bridgehead atoms. The summed E-state index contributed by atoms with van der Waals surface area (Å²) in [6.07, 6.45) is -1.49. The third kappa shape index (κ3) is 2.27. The average molecular weight is 250 g/mol. The van der Waals surface area contributed by atoms with E-state index in [1.165, 1.54) is 0 Å². The topological polar surface area (TPSA) is 41.1 Å². The zero-order chi connectivity index (χ0) is 12.5. The zero-order valence-corrected chi connectivity index (χ0v) is 9.57. The van der Waals surface area contributed by atoms with Gasteiger partial charge in [0.2, 0.25) is 5.91 Å². The van der Waals surface area contributed by atoms with E-state index in [2.05, 4.69) is 10.6 Å². The van der Waals surface area contributed by atoms with Crippen molar-refractivity contribution in [3.63, 3.8) is 0 Å². The lowest BCUT2D eigenvalue weighted by Crippen LogP contribution is -2.53. The monoisotopic (exact) mass is 250 g/mol. The molecule has 1 saturated carbocycles. The van der Waals surface area contributed by atoms with Crippen molar-refractivity contribution in [2.24, 2.45) is 11.3 Å². The van der Waals surface area contributed by atoms with Gasteiger partial charge in [-0.15, -0.1) is 0 Å². The van der Waals surface area contributed by atoms with Crippen LogP contribution in [-0.4, -0.2) is 31.7 Å².